The van der Waals surface area contributed by atoms with E-state index in [1.54, 1.807) is 11.1 Å². The van der Waals surface area contributed by atoms with E-state index >= 15 is 0 Å². The van der Waals surface area contributed by atoms with Crippen molar-refractivity contribution in [3.8, 4) is 16.8 Å². The topological polar surface area (TPSA) is 9.86 Å². The number of rotatable bonds is 4. The van der Waals surface area contributed by atoms with Crippen molar-refractivity contribution in [2.24, 2.45) is 5.92 Å². The molecule has 1 atom stereocenters. The van der Waals surface area contributed by atoms with Gasteiger partial charge in [0.1, 0.15) is 0 Å². The SMILES string of the molecule is C1=C(C2=CC3=C(CC2)C2=CC=C(c4ccc(-n5c6ccccc6c6ccccc65)cc4)CC2C32c3ccccc3-c3ccccc32)CCC(n2c3ccccc3c3ccccc32)=C1. The number of allylic oxidation sites excluding steroid dienone is 12. The maximum absolute atomic E-state index is 2.67. The molecule has 7 aromatic carbocycles. The Bertz CT molecular complexity index is 3490. The fourth-order valence-corrected chi connectivity index (χ4v) is 12.7. The van der Waals surface area contributed by atoms with Crippen LogP contribution in [0, 0.1) is 5.92 Å². The lowest BCUT2D eigenvalue weighted by atomic mass is 9.63. The number of hydrogen-bond acceptors (Lipinski definition) is 0. The Balaban J connectivity index is 0.878. The van der Waals surface area contributed by atoms with Gasteiger partial charge in [-0.15, -0.1) is 0 Å². The molecule has 2 heterocycles. The monoisotopic (exact) mass is 804 g/mol. The van der Waals surface area contributed by atoms with Gasteiger partial charge in [-0.3, -0.25) is 0 Å². The first-order valence-corrected chi connectivity index (χ1v) is 22.8. The molecule has 0 aliphatic heterocycles. The number of aromatic nitrogens is 2. The number of para-hydroxylation sites is 4. The first kappa shape index (κ1) is 35.2. The minimum atomic E-state index is -0.248. The highest BCUT2D eigenvalue weighted by atomic mass is 15.0. The third-order valence-electron chi connectivity index (χ3n) is 15.3. The van der Waals surface area contributed by atoms with Crippen molar-refractivity contribution in [2.75, 3.05) is 0 Å². The minimum Gasteiger partial charge on any atom is -0.313 e. The summed E-state index contributed by atoms with van der Waals surface area (Å²) in [5.74, 6) is 0.307. The molecule has 0 N–H and O–H groups in total. The fraction of sp³-hybridized carbons (Fsp3) is 0.115. The third kappa shape index (κ3) is 4.84. The van der Waals surface area contributed by atoms with Crippen LogP contribution >= 0.6 is 0 Å². The van der Waals surface area contributed by atoms with Crippen LogP contribution in [-0.2, 0) is 5.41 Å². The number of nitrogens with zero attached hydrogens (tertiary/aromatic N) is 2. The van der Waals surface area contributed by atoms with Gasteiger partial charge in [0.2, 0.25) is 0 Å². The maximum atomic E-state index is 2.67. The average molecular weight is 805 g/mol. The lowest BCUT2D eigenvalue weighted by Crippen LogP contribution is -2.34. The second kappa shape index (κ2) is 13.3. The first-order chi connectivity index (χ1) is 31.3. The van der Waals surface area contributed by atoms with Crippen molar-refractivity contribution in [1.29, 1.82) is 0 Å². The molecular formula is C61H44N2. The normalized spacial score (nSPS) is 18.5. The third-order valence-corrected chi connectivity index (χ3v) is 15.3. The molecule has 0 saturated heterocycles. The van der Waals surface area contributed by atoms with Crippen LogP contribution in [0.3, 0.4) is 0 Å². The number of fused-ring (bicyclic) bond motifs is 15. The van der Waals surface area contributed by atoms with Gasteiger partial charge in [-0.25, -0.2) is 0 Å². The van der Waals surface area contributed by atoms with Gasteiger partial charge in [0, 0.05) is 38.8 Å². The van der Waals surface area contributed by atoms with Gasteiger partial charge >= 0.3 is 0 Å². The molecular weight excluding hydrogens is 761 g/mol. The van der Waals surface area contributed by atoms with Crippen LogP contribution in [-0.4, -0.2) is 9.13 Å². The highest BCUT2D eigenvalue weighted by molar-refractivity contribution is 6.10. The average Bonchev–Trinajstić information content (AvgIpc) is 4.06. The van der Waals surface area contributed by atoms with E-state index in [1.807, 2.05) is 0 Å². The van der Waals surface area contributed by atoms with Crippen LogP contribution in [0.1, 0.15) is 48.8 Å². The van der Waals surface area contributed by atoms with Crippen molar-refractivity contribution in [2.45, 2.75) is 37.5 Å². The minimum absolute atomic E-state index is 0.248. The molecule has 0 fully saturated rings. The summed E-state index contributed by atoms with van der Waals surface area (Å²) in [7, 11) is 0. The van der Waals surface area contributed by atoms with Crippen LogP contribution in [0.15, 0.2) is 228 Å². The van der Waals surface area contributed by atoms with E-state index in [4.69, 9.17) is 0 Å². The molecule has 9 aromatic rings. The van der Waals surface area contributed by atoms with E-state index in [0.717, 1.165) is 32.1 Å². The van der Waals surface area contributed by atoms with E-state index in [0.29, 0.717) is 5.92 Å². The highest BCUT2D eigenvalue weighted by Gasteiger charge is 2.57. The van der Waals surface area contributed by atoms with Crippen LogP contribution < -0.4 is 0 Å². The van der Waals surface area contributed by atoms with Crippen molar-refractivity contribution in [1.82, 2.24) is 9.13 Å². The molecule has 2 heteroatoms. The van der Waals surface area contributed by atoms with Gasteiger partial charge in [-0.2, -0.15) is 0 Å². The van der Waals surface area contributed by atoms with E-state index in [-0.39, 0.29) is 5.41 Å². The Kier molecular flexibility index (Phi) is 7.43. The molecule has 5 aliphatic carbocycles. The maximum Gasteiger partial charge on any atom is 0.0541 e. The second-order valence-electron chi connectivity index (χ2n) is 18.2. The molecule has 1 unspecified atom stereocenters. The zero-order chi connectivity index (χ0) is 41.2. The zero-order valence-electron chi connectivity index (χ0n) is 35.1. The Hall–Kier alpha value is -7.42. The van der Waals surface area contributed by atoms with Gasteiger partial charge in [-0.1, -0.05) is 158 Å². The largest absolute Gasteiger partial charge is 0.313 e. The van der Waals surface area contributed by atoms with E-state index in [9.17, 15) is 0 Å². The van der Waals surface area contributed by atoms with Gasteiger partial charge in [-0.05, 0) is 136 Å². The molecule has 0 amide bonds. The summed E-state index contributed by atoms with van der Waals surface area (Å²) in [5.41, 5.74) is 23.5. The molecule has 5 aliphatic rings. The Morgan fingerprint density at radius 1 is 0.413 bits per heavy atom. The predicted molar refractivity (Wildman–Crippen MR) is 263 cm³/mol. The summed E-state index contributed by atoms with van der Waals surface area (Å²) in [6.07, 6.45) is 17.7. The molecule has 2 nitrogen and oxygen atoms in total. The standard InChI is InChI=1S/C61H44N2/c1-7-19-53-45(13-1)46-14-2-8-20-54(46)61(53)55-37-41(39-25-31-43(32-26-39)62-57-21-9-3-15-49(57)50-16-4-10-22-58(50)62)29-35-47(55)48-36-30-42(38-56(48)61)40-27-33-44(34-28-40)63-59-23-11-5-17-51(59)52-18-6-12-24-60(52)63/h1-27,29,31-33,35,38,55H,28,30,34,36-37H2. The Morgan fingerprint density at radius 2 is 0.921 bits per heavy atom. The lowest BCUT2D eigenvalue weighted by Gasteiger charge is -2.39. The van der Waals surface area contributed by atoms with Gasteiger partial charge < -0.3 is 9.13 Å². The Labute approximate surface area is 367 Å². The van der Waals surface area contributed by atoms with Crippen LogP contribution in [0.4, 0.5) is 0 Å². The molecule has 14 rings (SSSR count). The van der Waals surface area contributed by atoms with Crippen molar-refractivity contribution in [3.63, 3.8) is 0 Å². The van der Waals surface area contributed by atoms with E-state index in [2.05, 4.69) is 209 Å². The van der Waals surface area contributed by atoms with Crippen LogP contribution in [0.25, 0.3) is 71.7 Å². The van der Waals surface area contributed by atoms with Crippen LogP contribution in [0.2, 0.25) is 0 Å². The molecule has 63 heavy (non-hydrogen) atoms. The van der Waals surface area contributed by atoms with Crippen molar-refractivity contribution >= 4 is 54.9 Å². The van der Waals surface area contributed by atoms with Crippen molar-refractivity contribution < 1.29 is 0 Å². The Morgan fingerprint density at radius 3 is 1.49 bits per heavy atom. The van der Waals surface area contributed by atoms with E-state index in [1.165, 1.54) is 105 Å². The summed E-state index contributed by atoms with van der Waals surface area (Å²) in [4.78, 5) is 0. The molecule has 1 spiro atoms. The van der Waals surface area contributed by atoms with Gasteiger partial charge in [0.15, 0.2) is 0 Å². The quantitative estimate of drug-likeness (QED) is 0.168. The summed E-state index contributed by atoms with van der Waals surface area (Å²) in [5, 5.41) is 5.24. The number of benzene rings is 7. The fourth-order valence-electron chi connectivity index (χ4n) is 12.7. The predicted octanol–water partition coefficient (Wildman–Crippen LogP) is 15.5. The molecule has 2 aromatic heterocycles. The van der Waals surface area contributed by atoms with Gasteiger partial charge in [0.25, 0.3) is 0 Å². The van der Waals surface area contributed by atoms with Gasteiger partial charge in [0.05, 0.1) is 27.5 Å². The lowest BCUT2D eigenvalue weighted by molar-refractivity contribution is 0.469. The van der Waals surface area contributed by atoms with E-state index < -0.39 is 0 Å². The molecule has 0 saturated carbocycles. The molecule has 298 valence electrons. The smallest absolute Gasteiger partial charge is 0.0541 e. The second-order valence-corrected chi connectivity index (χ2v) is 18.2. The summed E-state index contributed by atoms with van der Waals surface area (Å²) in [6, 6.07) is 63.4. The summed E-state index contributed by atoms with van der Waals surface area (Å²) >= 11 is 0. The summed E-state index contributed by atoms with van der Waals surface area (Å²) in [6.45, 7) is 0. The summed E-state index contributed by atoms with van der Waals surface area (Å²) < 4.78 is 4.93. The first-order valence-electron chi connectivity index (χ1n) is 22.8. The highest BCUT2D eigenvalue weighted by Crippen LogP contribution is 2.67. The molecule has 0 radical (unpaired) electrons. The van der Waals surface area contributed by atoms with Crippen molar-refractivity contribution in [3.05, 3.63) is 245 Å². The number of hydrogen-bond donors (Lipinski definition) is 0. The van der Waals surface area contributed by atoms with Crippen LogP contribution in [0.5, 0.6) is 0 Å². The molecule has 0 bridgehead atoms. The zero-order valence-corrected chi connectivity index (χ0v) is 35.1.